The first-order chi connectivity index (χ1) is 17.1. The molecule has 3 rings (SSSR count). The van der Waals surface area contributed by atoms with Crippen LogP contribution in [0.1, 0.15) is 56.3 Å². The van der Waals surface area contributed by atoms with Gasteiger partial charge < -0.3 is 19.3 Å². The first kappa shape index (κ1) is 26.2. The molecular formula is C26H34N4O5. The Labute approximate surface area is 206 Å². The van der Waals surface area contributed by atoms with Gasteiger partial charge in [-0.1, -0.05) is 38.8 Å². The molecule has 0 atom stereocenters. The molecule has 35 heavy (non-hydrogen) atoms. The number of aromatic nitrogens is 4. The lowest BCUT2D eigenvalue weighted by atomic mass is 9.98. The van der Waals surface area contributed by atoms with E-state index in [0.717, 1.165) is 48.8 Å². The number of carbonyl (C=O) groups is 1. The summed E-state index contributed by atoms with van der Waals surface area (Å²) < 4.78 is 19.2. The average Bonchev–Trinajstić information content (AvgIpc) is 3.33. The van der Waals surface area contributed by atoms with Gasteiger partial charge in [-0.05, 0) is 53.5 Å². The number of ether oxygens (including phenoxy) is 3. The molecule has 1 aromatic heterocycles. The van der Waals surface area contributed by atoms with Crippen LogP contribution < -0.4 is 9.47 Å². The van der Waals surface area contributed by atoms with E-state index in [1.807, 2.05) is 18.2 Å². The topological polar surface area (TPSA) is 109 Å². The Bertz CT molecular complexity index is 1100. The van der Waals surface area contributed by atoms with Gasteiger partial charge in [0.25, 0.3) is 0 Å². The molecule has 9 nitrogen and oxygen atoms in total. The summed E-state index contributed by atoms with van der Waals surface area (Å²) in [6.07, 6.45) is 4.57. The van der Waals surface area contributed by atoms with Gasteiger partial charge in [0.15, 0.2) is 5.82 Å². The number of nitrogens with zero attached hydrogens (tertiary/aromatic N) is 4. The molecule has 0 saturated carbocycles. The third-order valence-corrected chi connectivity index (χ3v) is 5.50. The molecule has 0 saturated heterocycles. The fourth-order valence-corrected chi connectivity index (χ4v) is 3.58. The van der Waals surface area contributed by atoms with Gasteiger partial charge in [0, 0.05) is 31.9 Å². The Morgan fingerprint density at radius 1 is 0.943 bits per heavy atom. The van der Waals surface area contributed by atoms with Crippen LogP contribution in [0.5, 0.6) is 11.5 Å². The van der Waals surface area contributed by atoms with E-state index in [0.29, 0.717) is 43.7 Å². The van der Waals surface area contributed by atoms with Crippen LogP contribution in [0.3, 0.4) is 0 Å². The maximum atomic E-state index is 11.6. The van der Waals surface area contributed by atoms with Crippen molar-refractivity contribution in [3.05, 3.63) is 42.0 Å². The highest BCUT2D eigenvalue weighted by Gasteiger charge is 2.20. The summed E-state index contributed by atoms with van der Waals surface area (Å²) in [5, 5.41) is 21.9. The number of aryl methyl sites for hydroxylation is 1. The van der Waals surface area contributed by atoms with Gasteiger partial charge in [0.1, 0.15) is 11.5 Å². The van der Waals surface area contributed by atoms with Crippen molar-refractivity contribution in [2.75, 3.05) is 26.9 Å². The molecule has 9 heteroatoms. The monoisotopic (exact) mass is 482 g/mol. The second-order valence-corrected chi connectivity index (χ2v) is 8.21. The summed E-state index contributed by atoms with van der Waals surface area (Å²) in [6.45, 7) is 6.49. The fraction of sp³-hybridized carbons (Fsp3) is 0.462. The predicted octanol–water partition coefficient (Wildman–Crippen LogP) is 5.10. The van der Waals surface area contributed by atoms with E-state index in [1.54, 1.807) is 30.0 Å². The quantitative estimate of drug-likeness (QED) is 0.298. The number of carboxylic acid groups (broad SMARTS) is 1. The SMILES string of the molecule is CCCCOc1cc(OCCCC)c(-c2nnnn2CCCOC)cc1-c1cccc(C(=O)O)c1. The minimum Gasteiger partial charge on any atom is -0.493 e. The highest BCUT2D eigenvalue weighted by Crippen LogP contribution is 2.41. The minimum atomic E-state index is -0.984. The van der Waals surface area contributed by atoms with Crippen molar-refractivity contribution in [2.24, 2.45) is 0 Å². The Kier molecular flexibility index (Phi) is 10.0. The van der Waals surface area contributed by atoms with E-state index in [2.05, 4.69) is 29.4 Å². The Hall–Kier alpha value is -3.46. The second kappa shape index (κ2) is 13.4. The van der Waals surface area contributed by atoms with E-state index >= 15 is 0 Å². The van der Waals surface area contributed by atoms with Crippen LogP contribution in [0.2, 0.25) is 0 Å². The van der Waals surface area contributed by atoms with Crippen LogP contribution >= 0.6 is 0 Å². The number of hydrogen-bond donors (Lipinski definition) is 1. The molecular weight excluding hydrogens is 448 g/mol. The average molecular weight is 483 g/mol. The molecule has 3 aromatic rings. The van der Waals surface area contributed by atoms with Gasteiger partial charge in [0.2, 0.25) is 0 Å². The highest BCUT2D eigenvalue weighted by molar-refractivity contribution is 5.90. The number of methoxy groups -OCH3 is 1. The number of benzene rings is 2. The molecule has 0 bridgehead atoms. The molecule has 0 aliphatic rings. The van der Waals surface area contributed by atoms with Crippen LogP contribution in [-0.2, 0) is 11.3 Å². The van der Waals surface area contributed by atoms with Crippen LogP contribution in [-0.4, -0.2) is 58.2 Å². The number of hydrogen-bond acceptors (Lipinski definition) is 7. The molecule has 0 aliphatic carbocycles. The lowest BCUT2D eigenvalue weighted by Gasteiger charge is -2.18. The van der Waals surface area contributed by atoms with Crippen molar-refractivity contribution < 1.29 is 24.1 Å². The van der Waals surface area contributed by atoms with Crippen LogP contribution in [0, 0.1) is 0 Å². The zero-order chi connectivity index (χ0) is 25.0. The molecule has 2 aromatic carbocycles. The standard InChI is InChI=1S/C26H34N4O5/c1-4-6-14-34-23-18-24(35-15-7-5-2)22(25-27-28-29-30(25)12-9-13-33-3)17-21(23)19-10-8-11-20(16-19)26(31)32/h8,10-11,16-18H,4-7,9,12-15H2,1-3H3,(H,31,32). The van der Waals surface area contributed by atoms with Crippen molar-refractivity contribution in [1.82, 2.24) is 20.2 Å². The van der Waals surface area contributed by atoms with E-state index < -0.39 is 5.97 Å². The molecule has 188 valence electrons. The van der Waals surface area contributed by atoms with Gasteiger partial charge >= 0.3 is 5.97 Å². The van der Waals surface area contributed by atoms with Crippen molar-refractivity contribution >= 4 is 5.97 Å². The smallest absolute Gasteiger partial charge is 0.335 e. The normalized spacial score (nSPS) is 10.9. The van der Waals surface area contributed by atoms with Crippen molar-refractivity contribution in [1.29, 1.82) is 0 Å². The summed E-state index contributed by atoms with van der Waals surface area (Å²) in [5.41, 5.74) is 2.42. The number of aromatic carboxylic acids is 1. The third-order valence-electron chi connectivity index (χ3n) is 5.50. The van der Waals surface area contributed by atoms with Gasteiger partial charge in [0.05, 0.1) is 24.3 Å². The minimum absolute atomic E-state index is 0.205. The predicted molar refractivity (Wildman–Crippen MR) is 133 cm³/mol. The maximum Gasteiger partial charge on any atom is 0.335 e. The highest BCUT2D eigenvalue weighted by atomic mass is 16.5. The summed E-state index contributed by atoms with van der Waals surface area (Å²) in [6, 6.07) is 10.6. The summed E-state index contributed by atoms with van der Waals surface area (Å²) in [5.74, 6) is 0.853. The van der Waals surface area contributed by atoms with Gasteiger partial charge in [-0.15, -0.1) is 5.10 Å². The Balaban J connectivity index is 2.13. The number of unbranched alkanes of at least 4 members (excludes halogenated alkanes) is 2. The Morgan fingerprint density at radius 3 is 2.31 bits per heavy atom. The lowest BCUT2D eigenvalue weighted by molar-refractivity contribution is 0.0697. The first-order valence-corrected chi connectivity index (χ1v) is 12.1. The van der Waals surface area contributed by atoms with Crippen LogP contribution in [0.4, 0.5) is 0 Å². The van der Waals surface area contributed by atoms with Crippen LogP contribution in [0.15, 0.2) is 36.4 Å². The molecule has 0 unspecified atom stereocenters. The number of rotatable bonds is 15. The molecule has 1 heterocycles. The molecule has 0 amide bonds. The summed E-state index contributed by atoms with van der Waals surface area (Å²) >= 11 is 0. The fourth-order valence-electron chi connectivity index (χ4n) is 3.58. The molecule has 0 aliphatic heterocycles. The van der Waals surface area contributed by atoms with Gasteiger partial charge in [-0.25, -0.2) is 9.48 Å². The second-order valence-electron chi connectivity index (χ2n) is 8.21. The van der Waals surface area contributed by atoms with E-state index in [4.69, 9.17) is 14.2 Å². The molecule has 0 spiro atoms. The van der Waals surface area contributed by atoms with Gasteiger partial charge in [-0.3, -0.25) is 0 Å². The van der Waals surface area contributed by atoms with Crippen LogP contribution in [0.25, 0.3) is 22.5 Å². The summed E-state index contributed by atoms with van der Waals surface area (Å²) in [4.78, 5) is 11.6. The first-order valence-electron chi connectivity index (χ1n) is 12.1. The van der Waals surface area contributed by atoms with Gasteiger partial charge in [-0.2, -0.15) is 0 Å². The van der Waals surface area contributed by atoms with Crippen molar-refractivity contribution in [2.45, 2.75) is 52.5 Å². The third kappa shape index (κ3) is 7.02. The van der Waals surface area contributed by atoms with E-state index in [1.165, 1.54) is 0 Å². The van der Waals surface area contributed by atoms with E-state index in [-0.39, 0.29) is 5.56 Å². The van der Waals surface area contributed by atoms with Crippen molar-refractivity contribution in [3.8, 4) is 34.0 Å². The molecule has 0 fully saturated rings. The Morgan fingerprint density at radius 2 is 1.66 bits per heavy atom. The zero-order valence-corrected chi connectivity index (χ0v) is 20.7. The zero-order valence-electron chi connectivity index (χ0n) is 20.7. The maximum absolute atomic E-state index is 11.6. The molecule has 0 radical (unpaired) electrons. The van der Waals surface area contributed by atoms with E-state index in [9.17, 15) is 9.90 Å². The largest absolute Gasteiger partial charge is 0.493 e. The molecule has 1 N–H and O–H groups in total. The number of tetrazole rings is 1. The summed E-state index contributed by atoms with van der Waals surface area (Å²) in [7, 11) is 1.66. The van der Waals surface area contributed by atoms with Crippen molar-refractivity contribution in [3.63, 3.8) is 0 Å². The lowest BCUT2D eigenvalue weighted by Crippen LogP contribution is -2.08. The number of carboxylic acids is 1.